The van der Waals surface area contributed by atoms with Gasteiger partial charge in [0.2, 0.25) is 0 Å². The molecule has 0 unspecified atom stereocenters. The van der Waals surface area contributed by atoms with E-state index >= 15 is 0 Å². The quantitative estimate of drug-likeness (QED) is 0.834. The second-order valence-corrected chi connectivity index (χ2v) is 5.75. The van der Waals surface area contributed by atoms with E-state index in [-0.39, 0.29) is 0 Å². The van der Waals surface area contributed by atoms with Crippen LogP contribution in [0.2, 0.25) is 5.02 Å². The van der Waals surface area contributed by atoms with Gasteiger partial charge in [0.05, 0.1) is 0 Å². The van der Waals surface area contributed by atoms with Crippen molar-refractivity contribution in [2.75, 3.05) is 6.54 Å². The summed E-state index contributed by atoms with van der Waals surface area (Å²) in [5.41, 5.74) is 1.48. The van der Waals surface area contributed by atoms with Gasteiger partial charge in [-0.3, -0.25) is 0 Å². The van der Waals surface area contributed by atoms with Crippen LogP contribution in [0.5, 0.6) is 0 Å². The van der Waals surface area contributed by atoms with Crippen molar-refractivity contribution in [3.63, 3.8) is 0 Å². The molecule has 0 fully saturated rings. The van der Waals surface area contributed by atoms with Crippen molar-refractivity contribution < 1.29 is 0 Å². The van der Waals surface area contributed by atoms with E-state index in [2.05, 4.69) is 31.3 Å². The largest absolute Gasteiger partial charge is 0.312 e. The lowest BCUT2D eigenvalue weighted by atomic mass is 10.1. The number of fused-ring (bicyclic) bond motifs is 1. The molecule has 0 aliphatic carbocycles. The molecule has 2 aromatic rings. The summed E-state index contributed by atoms with van der Waals surface area (Å²) in [6.45, 7) is 6.36. The first-order valence-corrected chi connectivity index (χ1v) is 7.36. The highest BCUT2D eigenvalue weighted by Gasteiger charge is 2.11. The molecule has 3 heteroatoms. The number of halogens is 1. The molecule has 1 nitrogen and oxygen atoms in total. The van der Waals surface area contributed by atoms with Crippen LogP contribution in [0.15, 0.2) is 18.2 Å². The molecule has 1 aromatic heterocycles. The van der Waals surface area contributed by atoms with Gasteiger partial charge in [0.15, 0.2) is 0 Å². The molecule has 17 heavy (non-hydrogen) atoms. The minimum atomic E-state index is 0.836. The van der Waals surface area contributed by atoms with Gasteiger partial charge >= 0.3 is 0 Å². The van der Waals surface area contributed by atoms with Crippen LogP contribution in [-0.2, 0) is 13.0 Å². The molecule has 1 N–H and O–H groups in total. The summed E-state index contributed by atoms with van der Waals surface area (Å²) in [6, 6.07) is 6.22. The van der Waals surface area contributed by atoms with E-state index in [9.17, 15) is 0 Å². The van der Waals surface area contributed by atoms with Gasteiger partial charge in [-0.15, -0.1) is 11.3 Å². The highest BCUT2D eigenvalue weighted by molar-refractivity contribution is 7.19. The van der Waals surface area contributed by atoms with Gasteiger partial charge in [0.1, 0.15) is 0 Å². The monoisotopic (exact) mass is 267 g/mol. The number of aryl methyl sites for hydroxylation is 1. The molecule has 0 radical (unpaired) electrons. The summed E-state index contributed by atoms with van der Waals surface area (Å²) in [5.74, 6) is 0. The third-order valence-corrected chi connectivity index (χ3v) is 4.32. The smallest absolute Gasteiger partial charge is 0.0413 e. The lowest BCUT2D eigenvalue weighted by Gasteiger charge is -2.03. The van der Waals surface area contributed by atoms with Crippen LogP contribution in [0, 0.1) is 0 Å². The Morgan fingerprint density at radius 1 is 1.29 bits per heavy atom. The van der Waals surface area contributed by atoms with E-state index < -0.39 is 0 Å². The van der Waals surface area contributed by atoms with E-state index in [1.807, 2.05) is 17.4 Å². The van der Waals surface area contributed by atoms with Crippen LogP contribution in [0.1, 0.15) is 30.7 Å². The molecule has 0 saturated carbocycles. The molecule has 2 rings (SSSR count). The zero-order valence-corrected chi connectivity index (χ0v) is 11.9. The Hall–Kier alpha value is -0.570. The zero-order valence-electron chi connectivity index (χ0n) is 10.3. The highest BCUT2D eigenvalue weighted by atomic mass is 35.5. The topological polar surface area (TPSA) is 12.0 Å². The SMILES string of the molecule is CCCc1c(CNCC)sc2ccc(Cl)cc12. The van der Waals surface area contributed by atoms with Crippen LogP contribution >= 0.6 is 22.9 Å². The van der Waals surface area contributed by atoms with Gasteiger partial charge in [0, 0.05) is 21.1 Å². The Morgan fingerprint density at radius 3 is 2.82 bits per heavy atom. The third kappa shape index (κ3) is 2.82. The molecule has 0 spiro atoms. The highest BCUT2D eigenvalue weighted by Crippen LogP contribution is 2.34. The Labute approximate surface area is 112 Å². The van der Waals surface area contributed by atoms with E-state index in [1.54, 1.807) is 0 Å². The van der Waals surface area contributed by atoms with Crippen LogP contribution < -0.4 is 5.32 Å². The predicted octanol–water partition coefficient (Wildman–Crippen LogP) is 4.62. The number of thiophene rings is 1. The zero-order chi connectivity index (χ0) is 12.3. The van der Waals surface area contributed by atoms with Crippen molar-refractivity contribution in [2.45, 2.75) is 33.2 Å². The van der Waals surface area contributed by atoms with Crippen molar-refractivity contribution in [3.8, 4) is 0 Å². The fourth-order valence-corrected chi connectivity index (χ4v) is 3.45. The van der Waals surface area contributed by atoms with Gasteiger partial charge in [-0.05, 0) is 42.1 Å². The molecule has 0 bridgehead atoms. The van der Waals surface area contributed by atoms with Crippen molar-refractivity contribution in [1.82, 2.24) is 5.32 Å². The molecule has 1 heterocycles. The van der Waals surface area contributed by atoms with Crippen LogP contribution in [-0.4, -0.2) is 6.54 Å². The standard InChI is InChI=1S/C14H18ClNS/c1-3-5-11-12-8-10(15)6-7-13(12)17-14(11)9-16-4-2/h6-8,16H,3-5,9H2,1-2H3. The van der Waals surface area contributed by atoms with Crippen molar-refractivity contribution in [1.29, 1.82) is 0 Å². The Kier molecular flexibility index (Phi) is 4.43. The molecule has 1 aromatic carbocycles. The second-order valence-electron chi connectivity index (χ2n) is 4.17. The van der Waals surface area contributed by atoms with Crippen LogP contribution in [0.3, 0.4) is 0 Å². The third-order valence-electron chi connectivity index (χ3n) is 2.87. The van der Waals surface area contributed by atoms with Gasteiger partial charge in [-0.2, -0.15) is 0 Å². The molecule has 0 saturated heterocycles. The number of hydrogen-bond donors (Lipinski definition) is 1. The molecular formula is C14H18ClNS. The summed E-state index contributed by atoms with van der Waals surface area (Å²) < 4.78 is 1.35. The molecule has 0 amide bonds. The molecule has 0 aliphatic heterocycles. The second kappa shape index (κ2) is 5.85. The maximum Gasteiger partial charge on any atom is 0.0413 e. The normalized spacial score (nSPS) is 11.2. The van der Waals surface area contributed by atoms with Crippen LogP contribution in [0.25, 0.3) is 10.1 Å². The number of benzene rings is 1. The van der Waals surface area contributed by atoms with Gasteiger partial charge in [-0.25, -0.2) is 0 Å². The summed E-state index contributed by atoms with van der Waals surface area (Å²) in [4.78, 5) is 1.46. The van der Waals surface area contributed by atoms with Crippen molar-refractivity contribution >= 4 is 33.0 Å². The summed E-state index contributed by atoms with van der Waals surface area (Å²) in [7, 11) is 0. The first-order valence-electron chi connectivity index (χ1n) is 6.16. The Bertz CT molecular complexity index is 504. The Balaban J connectivity index is 2.46. The van der Waals surface area contributed by atoms with E-state index in [4.69, 9.17) is 11.6 Å². The molecule has 0 aliphatic rings. The number of hydrogen-bond acceptors (Lipinski definition) is 2. The van der Waals surface area contributed by atoms with Gasteiger partial charge in [-0.1, -0.05) is 31.9 Å². The van der Waals surface area contributed by atoms with Crippen molar-refractivity contribution in [3.05, 3.63) is 33.7 Å². The van der Waals surface area contributed by atoms with Crippen molar-refractivity contribution in [2.24, 2.45) is 0 Å². The maximum absolute atomic E-state index is 6.09. The maximum atomic E-state index is 6.09. The molecular weight excluding hydrogens is 250 g/mol. The van der Waals surface area contributed by atoms with Crippen LogP contribution in [0.4, 0.5) is 0 Å². The summed E-state index contributed by atoms with van der Waals surface area (Å²) in [5, 5.41) is 5.60. The first-order chi connectivity index (χ1) is 8.26. The number of rotatable bonds is 5. The fourth-order valence-electron chi connectivity index (χ4n) is 2.08. The molecule has 0 atom stereocenters. The van der Waals surface area contributed by atoms with E-state index in [1.165, 1.54) is 26.9 Å². The first kappa shape index (κ1) is 12.9. The van der Waals surface area contributed by atoms with Gasteiger partial charge in [0.25, 0.3) is 0 Å². The predicted molar refractivity (Wildman–Crippen MR) is 78.2 cm³/mol. The van der Waals surface area contributed by atoms with E-state index in [0.717, 1.165) is 24.5 Å². The molecule has 92 valence electrons. The lowest BCUT2D eigenvalue weighted by molar-refractivity contribution is 0.728. The minimum absolute atomic E-state index is 0.836. The lowest BCUT2D eigenvalue weighted by Crippen LogP contribution is -2.11. The van der Waals surface area contributed by atoms with E-state index in [0.29, 0.717) is 0 Å². The average Bonchev–Trinajstić information content (AvgIpc) is 2.65. The van der Waals surface area contributed by atoms with Gasteiger partial charge < -0.3 is 5.32 Å². The summed E-state index contributed by atoms with van der Waals surface area (Å²) in [6.07, 6.45) is 2.32. The minimum Gasteiger partial charge on any atom is -0.312 e. The Morgan fingerprint density at radius 2 is 2.12 bits per heavy atom. The summed E-state index contributed by atoms with van der Waals surface area (Å²) >= 11 is 7.98. The number of nitrogens with one attached hydrogen (secondary N) is 1. The average molecular weight is 268 g/mol. The fraction of sp³-hybridized carbons (Fsp3) is 0.429.